The Bertz CT molecular complexity index is 554. The molecule has 1 aliphatic heterocycles. The minimum absolute atomic E-state index is 0.0596. The van der Waals surface area contributed by atoms with Crippen molar-refractivity contribution in [3.8, 4) is 11.5 Å². The molecule has 26 heavy (non-hydrogen) atoms. The van der Waals surface area contributed by atoms with Crippen LogP contribution in [0.4, 0.5) is 0 Å². The van der Waals surface area contributed by atoms with Gasteiger partial charge in [-0.25, -0.2) is 0 Å². The Labute approximate surface area is 158 Å². The summed E-state index contributed by atoms with van der Waals surface area (Å²) in [7, 11) is 1.60. The highest BCUT2D eigenvalue weighted by Gasteiger charge is 2.15. The van der Waals surface area contributed by atoms with Crippen LogP contribution >= 0.6 is 0 Å². The van der Waals surface area contributed by atoms with Crippen molar-refractivity contribution in [1.29, 1.82) is 0 Å². The van der Waals surface area contributed by atoms with E-state index in [0.29, 0.717) is 30.2 Å². The molecule has 5 heteroatoms. The van der Waals surface area contributed by atoms with Crippen molar-refractivity contribution in [3.05, 3.63) is 23.8 Å². The predicted octanol–water partition coefficient (Wildman–Crippen LogP) is 3.73. The number of rotatable bonds is 10. The van der Waals surface area contributed by atoms with E-state index in [2.05, 4.69) is 24.1 Å². The van der Waals surface area contributed by atoms with Gasteiger partial charge < -0.3 is 19.7 Å². The number of hydrogen-bond donors (Lipinski definition) is 1. The van der Waals surface area contributed by atoms with Crippen molar-refractivity contribution >= 4 is 5.91 Å². The zero-order valence-corrected chi connectivity index (χ0v) is 16.6. The molecular weight excluding hydrogens is 328 g/mol. The Morgan fingerprint density at radius 3 is 2.69 bits per heavy atom. The van der Waals surface area contributed by atoms with Gasteiger partial charge in [0.15, 0.2) is 11.5 Å². The fourth-order valence-corrected chi connectivity index (χ4v) is 3.15. The van der Waals surface area contributed by atoms with Gasteiger partial charge in [-0.3, -0.25) is 4.79 Å². The van der Waals surface area contributed by atoms with Crippen molar-refractivity contribution < 1.29 is 14.3 Å². The zero-order chi connectivity index (χ0) is 18.8. The van der Waals surface area contributed by atoms with Crippen molar-refractivity contribution in [2.75, 3.05) is 39.9 Å². The van der Waals surface area contributed by atoms with Gasteiger partial charge in [-0.1, -0.05) is 20.3 Å². The maximum Gasteiger partial charge on any atom is 0.251 e. The number of hydrogen-bond acceptors (Lipinski definition) is 4. The lowest BCUT2D eigenvalue weighted by Crippen LogP contribution is -2.35. The molecule has 0 aromatic heterocycles. The second-order valence-electron chi connectivity index (χ2n) is 7.20. The van der Waals surface area contributed by atoms with Crippen LogP contribution in [-0.2, 0) is 0 Å². The Balaban J connectivity index is 1.75. The van der Waals surface area contributed by atoms with Crippen LogP contribution in [0, 0.1) is 5.92 Å². The van der Waals surface area contributed by atoms with Crippen LogP contribution in [0.25, 0.3) is 0 Å². The van der Waals surface area contributed by atoms with Gasteiger partial charge in [-0.15, -0.1) is 0 Å². The number of carbonyl (C=O) groups excluding carboxylic acids is 1. The monoisotopic (exact) mass is 362 g/mol. The molecule has 1 N–H and O–H groups in total. The topological polar surface area (TPSA) is 50.8 Å². The molecule has 1 saturated heterocycles. The highest BCUT2D eigenvalue weighted by molar-refractivity contribution is 5.94. The van der Waals surface area contributed by atoms with E-state index in [1.807, 2.05) is 6.07 Å². The van der Waals surface area contributed by atoms with E-state index < -0.39 is 0 Å². The van der Waals surface area contributed by atoms with Crippen molar-refractivity contribution in [2.45, 2.75) is 46.0 Å². The van der Waals surface area contributed by atoms with Gasteiger partial charge in [0, 0.05) is 12.1 Å². The van der Waals surface area contributed by atoms with E-state index >= 15 is 0 Å². The summed E-state index contributed by atoms with van der Waals surface area (Å²) in [5.74, 6) is 2.10. The first-order valence-electron chi connectivity index (χ1n) is 9.95. The van der Waals surface area contributed by atoms with E-state index in [1.54, 1.807) is 19.2 Å². The molecule has 5 nitrogen and oxygen atoms in total. The van der Waals surface area contributed by atoms with E-state index in [-0.39, 0.29) is 5.91 Å². The first-order valence-corrected chi connectivity index (χ1v) is 9.95. The molecule has 1 fully saturated rings. The standard InChI is InChI=1S/C21H34N2O3/c1-4-5-15-26-19-8-7-18(16-20(19)25-3)21(24)22-11-6-12-23-13-9-17(2)10-14-23/h7-8,16-17H,4-6,9-15H2,1-3H3,(H,22,24). The maximum absolute atomic E-state index is 12.4. The first-order chi connectivity index (χ1) is 12.6. The number of carbonyl (C=O) groups is 1. The van der Waals surface area contributed by atoms with Crippen LogP contribution in [-0.4, -0.2) is 50.7 Å². The molecule has 1 aliphatic rings. The number of unbranched alkanes of at least 4 members (excludes halogenated alkanes) is 1. The number of amides is 1. The lowest BCUT2D eigenvalue weighted by Gasteiger charge is -2.30. The molecule has 0 atom stereocenters. The molecule has 0 spiro atoms. The highest BCUT2D eigenvalue weighted by Crippen LogP contribution is 2.28. The molecular formula is C21H34N2O3. The number of likely N-dealkylation sites (tertiary alicyclic amines) is 1. The molecule has 0 unspecified atom stereocenters. The summed E-state index contributed by atoms with van der Waals surface area (Å²) in [5.41, 5.74) is 0.608. The Kier molecular flexibility index (Phi) is 8.75. The molecule has 1 aromatic rings. The molecule has 1 aromatic carbocycles. The van der Waals surface area contributed by atoms with Crippen molar-refractivity contribution in [1.82, 2.24) is 10.2 Å². The molecule has 0 radical (unpaired) electrons. The number of piperidine rings is 1. The predicted molar refractivity (Wildman–Crippen MR) is 105 cm³/mol. The summed E-state index contributed by atoms with van der Waals surface area (Å²) in [4.78, 5) is 14.9. The third-order valence-corrected chi connectivity index (χ3v) is 4.99. The van der Waals surface area contributed by atoms with Crippen LogP contribution in [0.2, 0.25) is 0 Å². The Morgan fingerprint density at radius 1 is 1.23 bits per heavy atom. The lowest BCUT2D eigenvalue weighted by atomic mass is 9.99. The van der Waals surface area contributed by atoms with E-state index in [9.17, 15) is 4.79 Å². The van der Waals surface area contributed by atoms with E-state index in [4.69, 9.17) is 9.47 Å². The molecule has 0 saturated carbocycles. The van der Waals surface area contributed by atoms with Gasteiger partial charge in [0.05, 0.1) is 13.7 Å². The fourth-order valence-electron chi connectivity index (χ4n) is 3.15. The van der Waals surface area contributed by atoms with Crippen LogP contribution < -0.4 is 14.8 Å². The van der Waals surface area contributed by atoms with Gasteiger partial charge in [-0.2, -0.15) is 0 Å². The lowest BCUT2D eigenvalue weighted by molar-refractivity contribution is 0.0950. The molecule has 146 valence electrons. The van der Waals surface area contributed by atoms with Gasteiger partial charge in [0.25, 0.3) is 5.91 Å². The fraction of sp³-hybridized carbons (Fsp3) is 0.667. The van der Waals surface area contributed by atoms with Crippen LogP contribution in [0.5, 0.6) is 11.5 Å². The van der Waals surface area contributed by atoms with E-state index in [0.717, 1.165) is 31.7 Å². The Hall–Kier alpha value is -1.75. The summed E-state index contributed by atoms with van der Waals surface area (Å²) in [6.07, 6.45) is 5.65. The highest BCUT2D eigenvalue weighted by atomic mass is 16.5. The molecule has 1 heterocycles. The van der Waals surface area contributed by atoms with Gasteiger partial charge in [0.1, 0.15) is 0 Å². The summed E-state index contributed by atoms with van der Waals surface area (Å²) in [6, 6.07) is 5.37. The van der Waals surface area contributed by atoms with E-state index in [1.165, 1.54) is 25.9 Å². The SMILES string of the molecule is CCCCOc1ccc(C(=O)NCCCN2CCC(C)CC2)cc1OC. The van der Waals surface area contributed by atoms with Gasteiger partial charge in [0.2, 0.25) is 0 Å². The maximum atomic E-state index is 12.4. The number of benzene rings is 1. The van der Waals surface area contributed by atoms with Crippen LogP contribution in [0.1, 0.15) is 56.3 Å². The molecule has 2 rings (SSSR count). The number of ether oxygens (including phenoxy) is 2. The smallest absolute Gasteiger partial charge is 0.251 e. The average molecular weight is 363 g/mol. The second-order valence-corrected chi connectivity index (χ2v) is 7.20. The Morgan fingerprint density at radius 2 is 2.00 bits per heavy atom. The van der Waals surface area contributed by atoms with Gasteiger partial charge in [-0.05, 0) is 69.4 Å². The van der Waals surface area contributed by atoms with Crippen LogP contribution in [0.3, 0.4) is 0 Å². The molecule has 1 amide bonds. The number of nitrogens with zero attached hydrogens (tertiary/aromatic N) is 1. The minimum Gasteiger partial charge on any atom is -0.493 e. The second kappa shape index (κ2) is 11.1. The van der Waals surface area contributed by atoms with Crippen molar-refractivity contribution in [2.24, 2.45) is 5.92 Å². The molecule has 0 bridgehead atoms. The third-order valence-electron chi connectivity index (χ3n) is 4.99. The third kappa shape index (κ3) is 6.52. The van der Waals surface area contributed by atoms with Crippen LogP contribution in [0.15, 0.2) is 18.2 Å². The van der Waals surface area contributed by atoms with Crippen molar-refractivity contribution in [3.63, 3.8) is 0 Å². The normalized spacial score (nSPS) is 15.7. The summed E-state index contributed by atoms with van der Waals surface area (Å²) < 4.78 is 11.1. The summed E-state index contributed by atoms with van der Waals surface area (Å²) in [5, 5.41) is 3.01. The minimum atomic E-state index is -0.0596. The number of methoxy groups -OCH3 is 1. The average Bonchev–Trinajstić information content (AvgIpc) is 2.66. The quantitative estimate of drug-likeness (QED) is 0.645. The van der Waals surface area contributed by atoms with Gasteiger partial charge >= 0.3 is 0 Å². The zero-order valence-electron chi connectivity index (χ0n) is 16.6. The largest absolute Gasteiger partial charge is 0.493 e. The first kappa shape index (κ1) is 20.6. The molecule has 0 aliphatic carbocycles. The number of nitrogens with one attached hydrogen (secondary N) is 1. The summed E-state index contributed by atoms with van der Waals surface area (Å²) in [6.45, 7) is 9.24. The summed E-state index contributed by atoms with van der Waals surface area (Å²) >= 11 is 0.